The van der Waals surface area contributed by atoms with Crippen LogP contribution in [0, 0.1) is 0 Å². The third kappa shape index (κ3) is 2.48. The van der Waals surface area contributed by atoms with Crippen molar-refractivity contribution in [3.05, 3.63) is 64.7 Å². The molecule has 3 rings (SSSR count). The predicted molar refractivity (Wildman–Crippen MR) is 76.4 cm³/mol. The number of carbonyl (C=O) groups is 1. The van der Waals surface area contributed by atoms with Gasteiger partial charge in [0.05, 0.1) is 12.6 Å². The zero-order chi connectivity index (χ0) is 13.2. The average Bonchev–Trinajstić information content (AvgIpc) is 2.57. The lowest BCUT2D eigenvalue weighted by Crippen LogP contribution is -2.27. The Bertz CT molecular complexity index is 613. The molecule has 0 bridgehead atoms. The molecular formula is C15H13ClN2O. The zero-order valence-electron chi connectivity index (χ0n) is 10.2. The molecule has 0 fully saturated rings. The minimum absolute atomic E-state index is 0.00702. The number of hydrogen-bond donors (Lipinski definition) is 2. The van der Waals surface area contributed by atoms with E-state index < -0.39 is 0 Å². The average molecular weight is 273 g/mol. The number of halogens is 1. The van der Waals surface area contributed by atoms with Crippen molar-refractivity contribution in [1.82, 2.24) is 5.32 Å². The minimum Gasteiger partial charge on any atom is -0.325 e. The van der Waals surface area contributed by atoms with E-state index in [4.69, 9.17) is 11.6 Å². The smallest absolute Gasteiger partial charge is 0.238 e. The van der Waals surface area contributed by atoms with Crippen LogP contribution in [-0.4, -0.2) is 12.5 Å². The quantitative estimate of drug-likeness (QED) is 0.838. The van der Waals surface area contributed by atoms with Gasteiger partial charge in [-0.15, -0.1) is 0 Å². The van der Waals surface area contributed by atoms with Crippen LogP contribution < -0.4 is 10.6 Å². The number of anilines is 1. The van der Waals surface area contributed by atoms with Crippen LogP contribution in [-0.2, 0) is 4.79 Å². The second kappa shape index (κ2) is 5.03. The molecule has 1 unspecified atom stereocenters. The van der Waals surface area contributed by atoms with Gasteiger partial charge in [0.1, 0.15) is 0 Å². The molecule has 0 aromatic heterocycles. The molecule has 1 amide bonds. The summed E-state index contributed by atoms with van der Waals surface area (Å²) in [5.41, 5.74) is 2.93. The summed E-state index contributed by atoms with van der Waals surface area (Å²) in [6.07, 6.45) is 0. The van der Waals surface area contributed by atoms with E-state index in [1.165, 1.54) is 0 Å². The van der Waals surface area contributed by atoms with Crippen LogP contribution in [0.1, 0.15) is 17.2 Å². The molecule has 1 aliphatic rings. The molecular weight excluding hydrogens is 260 g/mol. The Kier molecular flexibility index (Phi) is 3.23. The van der Waals surface area contributed by atoms with Crippen molar-refractivity contribution in [2.24, 2.45) is 0 Å². The summed E-state index contributed by atoms with van der Waals surface area (Å²) in [5, 5.41) is 6.76. The second-order valence-electron chi connectivity index (χ2n) is 4.50. The Morgan fingerprint density at radius 2 is 1.89 bits per heavy atom. The number of nitrogens with one attached hydrogen (secondary N) is 2. The van der Waals surface area contributed by atoms with Gasteiger partial charge >= 0.3 is 0 Å². The lowest BCUT2D eigenvalue weighted by atomic mass is 9.97. The Labute approximate surface area is 116 Å². The lowest BCUT2D eigenvalue weighted by molar-refractivity contribution is -0.115. The molecule has 2 aromatic rings. The largest absolute Gasteiger partial charge is 0.325 e. The van der Waals surface area contributed by atoms with Crippen LogP contribution in [0.3, 0.4) is 0 Å². The van der Waals surface area contributed by atoms with E-state index in [1.807, 2.05) is 42.5 Å². The van der Waals surface area contributed by atoms with Crippen molar-refractivity contribution in [2.45, 2.75) is 6.04 Å². The Balaban J connectivity index is 2.10. The van der Waals surface area contributed by atoms with Gasteiger partial charge in [-0.3, -0.25) is 10.1 Å². The van der Waals surface area contributed by atoms with E-state index in [0.717, 1.165) is 16.8 Å². The van der Waals surface area contributed by atoms with E-state index in [2.05, 4.69) is 10.6 Å². The minimum atomic E-state index is -0.0538. The standard InChI is InChI=1S/C15H13ClN2O/c16-11-6-7-12-13(8-11)18-14(19)9-17-15(12)10-4-2-1-3-5-10/h1-8,15,17H,9H2,(H,18,19). The number of rotatable bonds is 1. The predicted octanol–water partition coefficient (Wildman–Crippen LogP) is 2.97. The van der Waals surface area contributed by atoms with Crippen LogP contribution in [0.25, 0.3) is 0 Å². The van der Waals surface area contributed by atoms with Gasteiger partial charge in [-0.25, -0.2) is 0 Å². The van der Waals surface area contributed by atoms with Gasteiger partial charge in [-0.05, 0) is 23.3 Å². The molecule has 3 nitrogen and oxygen atoms in total. The molecule has 1 aliphatic heterocycles. The topological polar surface area (TPSA) is 41.1 Å². The number of fused-ring (bicyclic) bond motifs is 1. The number of amides is 1. The molecule has 1 heterocycles. The first-order chi connectivity index (χ1) is 9.24. The summed E-state index contributed by atoms with van der Waals surface area (Å²) in [4.78, 5) is 11.7. The van der Waals surface area contributed by atoms with Crippen LogP contribution in [0.15, 0.2) is 48.5 Å². The first-order valence-corrected chi connectivity index (χ1v) is 6.49. The maximum absolute atomic E-state index is 11.7. The Hall–Kier alpha value is -1.84. The highest BCUT2D eigenvalue weighted by Crippen LogP contribution is 2.32. The molecule has 4 heteroatoms. The first-order valence-electron chi connectivity index (χ1n) is 6.11. The third-order valence-corrected chi connectivity index (χ3v) is 3.44. The van der Waals surface area contributed by atoms with E-state index in [1.54, 1.807) is 6.07 Å². The van der Waals surface area contributed by atoms with E-state index >= 15 is 0 Å². The van der Waals surface area contributed by atoms with Gasteiger partial charge in [0.25, 0.3) is 0 Å². The van der Waals surface area contributed by atoms with Gasteiger partial charge in [0.2, 0.25) is 5.91 Å². The van der Waals surface area contributed by atoms with Crippen LogP contribution in [0.5, 0.6) is 0 Å². The molecule has 2 N–H and O–H groups in total. The summed E-state index contributed by atoms with van der Waals surface area (Å²) in [5.74, 6) is -0.0538. The van der Waals surface area contributed by atoms with Crippen LogP contribution >= 0.6 is 11.6 Å². The van der Waals surface area contributed by atoms with Crippen molar-refractivity contribution < 1.29 is 4.79 Å². The Morgan fingerprint density at radius 3 is 2.68 bits per heavy atom. The molecule has 1 atom stereocenters. The SMILES string of the molecule is O=C1CNC(c2ccccc2)c2ccc(Cl)cc2N1. The van der Waals surface area contributed by atoms with E-state index in [0.29, 0.717) is 5.02 Å². The fourth-order valence-corrected chi connectivity index (χ4v) is 2.50. The third-order valence-electron chi connectivity index (χ3n) is 3.20. The summed E-state index contributed by atoms with van der Waals surface area (Å²) >= 11 is 6.00. The molecule has 2 aromatic carbocycles. The monoisotopic (exact) mass is 272 g/mol. The molecule has 0 radical (unpaired) electrons. The number of hydrogen-bond acceptors (Lipinski definition) is 2. The maximum atomic E-state index is 11.7. The zero-order valence-corrected chi connectivity index (χ0v) is 10.9. The van der Waals surface area contributed by atoms with Crippen LogP contribution in [0.4, 0.5) is 5.69 Å². The molecule has 96 valence electrons. The molecule has 19 heavy (non-hydrogen) atoms. The van der Waals surface area contributed by atoms with Gasteiger partial charge in [0.15, 0.2) is 0 Å². The lowest BCUT2D eigenvalue weighted by Gasteiger charge is -2.18. The van der Waals surface area contributed by atoms with Crippen molar-refractivity contribution in [1.29, 1.82) is 0 Å². The summed E-state index contributed by atoms with van der Waals surface area (Å²) in [6, 6.07) is 15.6. The fourth-order valence-electron chi connectivity index (χ4n) is 2.33. The highest BCUT2D eigenvalue weighted by atomic mass is 35.5. The van der Waals surface area contributed by atoms with Gasteiger partial charge in [-0.2, -0.15) is 0 Å². The fraction of sp³-hybridized carbons (Fsp3) is 0.133. The van der Waals surface area contributed by atoms with Crippen molar-refractivity contribution in [3.8, 4) is 0 Å². The normalized spacial score (nSPS) is 18.4. The second-order valence-corrected chi connectivity index (χ2v) is 4.94. The van der Waals surface area contributed by atoms with Gasteiger partial charge in [-0.1, -0.05) is 48.0 Å². The van der Waals surface area contributed by atoms with Gasteiger partial charge < -0.3 is 5.32 Å². The summed E-state index contributed by atoms with van der Waals surface area (Å²) in [7, 11) is 0. The summed E-state index contributed by atoms with van der Waals surface area (Å²) in [6.45, 7) is 0.284. The Morgan fingerprint density at radius 1 is 1.11 bits per heavy atom. The first kappa shape index (κ1) is 12.2. The number of carbonyl (C=O) groups excluding carboxylic acids is 1. The maximum Gasteiger partial charge on any atom is 0.238 e. The molecule has 0 aliphatic carbocycles. The summed E-state index contributed by atoms with van der Waals surface area (Å²) < 4.78 is 0. The van der Waals surface area contributed by atoms with Crippen molar-refractivity contribution >= 4 is 23.2 Å². The van der Waals surface area contributed by atoms with Gasteiger partial charge in [0, 0.05) is 10.7 Å². The number of benzene rings is 2. The highest BCUT2D eigenvalue weighted by Gasteiger charge is 2.22. The van der Waals surface area contributed by atoms with Crippen molar-refractivity contribution in [3.63, 3.8) is 0 Å². The van der Waals surface area contributed by atoms with E-state index in [9.17, 15) is 4.79 Å². The van der Waals surface area contributed by atoms with Crippen molar-refractivity contribution in [2.75, 3.05) is 11.9 Å². The van der Waals surface area contributed by atoms with Crippen LogP contribution in [0.2, 0.25) is 5.02 Å². The van der Waals surface area contributed by atoms with E-state index in [-0.39, 0.29) is 18.5 Å². The highest BCUT2D eigenvalue weighted by molar-refractivity contribution is 6.31. The molecule has 0 saturated heterocycles. The molecule has 0 spiro atoms. The molecule has 0 saturated carbocycles.